The Hall–Kier alpha value is -3.29. The number of hydrogen-bond acceptors (Lipinski definition) is 6. The van der Waals surface area contributed by atoms with Crippen molar-refractivity contribution in [2.45, 2.75) is 11.8 Å². The van der Waals surface area contributed by atoms with Crippen molar-refractivity contribution in [3.63, 3.8) is 0 Å². The number of halogens is 1. The predicted octanol–water partition coefficient (Wildman–Crippen LogP) is 5.13. The summed E-state index contributed by atoms with van der Waals surface area (Å²) >= 11 is 7.25. The Balaban J connectivity index is 1.56. The number of phenols is 1. The zero-order valence-corrected chi connectivity index (χ0v) is 17.9. The van der Waals surface area contributed by atoms with Gasteiger partial charge in [-0.25, -0.2) is 0 Å². The maximum absolute atomic E-state index is 12.3. The SMILES string of the molecule is O=C(CSc1nnc(-c2ccccc2O)n1-c1ccc(Cl)cc1)OCc1ccccc1. The Labute approximate surface area is 188 Å². The van der Waals surface area contributed by atoms with Gasteiger partial charge in [0.25, 0.3) is 0 Å². The number of nitrogens with zero attached hydrogens (tertiary/aromatic N) is 3. The van der Waals surface area contributed by atoms with Gasteiger partial charge in [0.1, 0.15) is 12.4 Å². The molecule has 0 unspecified atom stereocenters. The molecule has 0 atom stereocenters. The van der Waals surface area contributed by atoms with E-state index in [9.17, 15) is 9.90 Å². The predicted molar refractivity (Wildman–Crippen MR) is 120 cm³/mol. The maximum atomic E-state index is 12.3. The number of carbonyl (C=O) groups excluding carboxylic acids is 1. The average Bonchev–Trinajstić information content (AvgIpc) is 3.21. The van der Waals surface area contributed by atoms with Gasteiger partial charge in [0.15, 0.2) is 11.0 Å². The molecule has 0 saturated heterocycles. The minimum absolute atomic E-state index is 0.0688. The number of aromatic hydroxyl groups is 1. The molecule has 0 aliphatic rings. The molecule has 31 heavy (non-hydrogen) atoms. The van der Waals surface area contributed by atoms with E-state index in [0.29, 0.717) is 21.6 Å². The van der Waals surface area contributed by atoms with Gasteiger partial charge in [-0.3, -0.25) is 9.36 Å². The number of ether oxygens (including phenoxy) is 1. The average molecular weight is 452 g/mol. The van der Waals surface area contributed by atoms with E-state index in [2.05, 4.69) is 10.2 Å². The third kappa shape index (κ3) is 5.07. The Kier molecular flexibility index (Phi) is 6.54. The highest BCUT2D eigenvalue weighted by molar-refractivity contribution is 7.99. The van der Waals surface area contributed by atoms with Crippen LogP contribution in [0.2, 0.25) is 5.02 Å². The second-order valence-electron chi connectivity index (χ2n) is 6.57. The third-order valence-corrected chi connectivity index (χ3v) is 5.58. The number of rotatable bonds is 7. The summed E-state index contributed by atoms with van der Waals surface area (Å²) in [6.45, 7) is 0.216. The molecule has 0 saturated carbocycles. The lowest BCUT2D eigenvalue weighted by molar-refractivity contribution is -0.141. The largest absolute Gasteiger partial charge is 0.507 e. The van der Waals surface area contributed by atoms with Crippen molar-refractivity contribution < 1.29 is 14.6 Å². The fourth-order valence-corrected chi connectivity index (χ4v) is 3.80. The van der Waals surface area contributed by atoms with Crippen molar-refractivity contribution in [1.29, 1.82) is 0 Å². The second-order valence-corrected chi connectivity index (χ2v) is 7.95. The molecular formula is C23H18ClN3O3S. The van der Waals surface area contributed by atoms with Crippen LogP contribution in [0.25, 0.3) is 17.1 Å². The summed E-state index contributed by atoms with van der Waals surface area (Å²) in [5.74, 6) is 0.257. The summed E-state index contributed by atoms with van der Waals surface area (Å²) in [5, 5.41) is 19.9. The summed E-state index contributed by atoms with van der Waals surface area (Å²) in [7, 11) is 0. The van der Waals surface area contributed by atoms with Gasteiger partial charge < -0.3 is 9.84 Å². The van der Waals surface area contributed by atoms with Crippen molar-refractivity contribution >= 4 is 29.3 Å². The van der Waals surface area contributed by atoms with Crippen LogP contribution in [0.15, 0.2) is 84.0 Å². The molecule has 0 aliphatic heterocycles. The molecule has 0 radical (unpaired) electrons. The van der Waals surface area contributed by atoms with Gasteiger partial charge in [0.2, 0.25) is 0 Å². The number of aromatic nitrogens is 3. The first-order chi connectivity index (χ1) is 15.1. The van der Waals surface area contributed by atoms with E-state index in [1.807, 2.05) is 48.5 Å². The van der Waals surface area contributed by atoms with Crippen LogP contribution in [-0.4, -0.2) is 31.6 Å². The minimum Gasteiger partial charge on any atom is -0.507 e. The van der Waals surface area contributed by atoms with Crippen molar-refractivity contribution in [2.75, 3.05) is 5.75 Å². The quantitative estimate of drug-likeness (QED) is 0.310. The minimum atomic E-state index is -0.358. The standard InChI is InChI=1S/C23H18ClN3O3S/c24-17-10-12-18(13-11-17)27-22(19-8-4-5-9-20(19)28)25-26-23(27)31-15-21(29)30-14-16-6-2-1-3-7-16/h1-13,28H,14-15H2. The third-order valence-electron chi connectivity index (χ3n) is 4.42. The van der Waals surface area contributed by atoms with Gasteiger partial charge in [-0.05, 0) is 42.0 Å². The van der Waals surface area contributed by atoms with E-state index in [0.717, 1.165) is 11.3 Å². The lowest BCUT2D eigenvalue weighted by Gasteiger charge is -2.11. The molecular weight excluding hydrogens is 434 g/mol. The van der Waals surface area contributed by atoms with E-state index in [1.54, 1.807) is 34.9 Å². The highest BCUT2D eigenvalue weighted by Crippen LogP contribution is 2.33. The molecule has 1 heterocycles. The molecule has 0 bridgehead atoms. The van der Waals surface area contributed by atoms with Crippen molar-refractivity contribution in [1.82, 2.24) is 14.8 Å². The molecule has 156 valence electrons. The smallest absolute Gasteiger partial charge is 0.316 e. The number of phenolic OH excluding ortho intramolecular Hbond substituents is 1. The second kappa shape index (κ2) is 9.68. The van der Waals surface area contributed by atoms with E-state index in [4.69, 9.17) is 16.3 Å². The lowest BCUT2D eigenvalue weighted by atomic mass is 10.2. The molecule has 0 spiro atoms. The van der Waals surface area contributed by atoms with Crippen LogP contribution in [-0.2, 0) is 16.1 Å². The number of benzene rings is 3. The maximum Gasteiger partial charge on any atom is 0.316 e. The van der Waals surface area contributed by atoms with Crippen LogP contribution in [0.3, 0.4) is 0 Å². The van der Waals surface area contributed by atoms with E-state index >= 15 is 0 Å². The zero-order valence-electron chi connectivity index (χ0n) is 16.3. The van der Waals surface area contributed by atoms with Crippen LogP contribution in [0.1, 0.15) is 5.56 Å². The van der Waals surface area contributed by atoms with Crippen LogP contribution in [0.5, 0.6) is 5.75 Å². The summed E-state index contributed by atoms with van der Waals surface area (Å²) in [4.78, 5) is 12.3. The molecule has 3 aromatic carbocycles. The van der Waals surface area contributed by atoms with Crippen molar-refractivity contribution in [3.05, 3.63) is 89.4 Å². The fourth-order valence-electron chi connectivity index (χ4n) is 2.93. The van der Waals surface area contributed by atoms with Gasteiger partial charge in [-0.1, -0.05) is 65.8 Å². The molecule has 0 amide bonds. The molecule has 0 aliphatic carbocycles. The Morgan fingerprint density at radius 1 is 0.968 bits per heavy atom. The van der Waals surface area contributed by atoms with Crippen LogP contribution in [0, 0.1) is 0 Å². The monoisotopic (exact) mass is 451 g/mol. The first-order valence-electron chi connectivity index (χ1n) is 9.44. The van der Waals surface area contributed by atoms with Gasteiger partial charge in [-0.15, -0.1) is 10.2 Å². The summed E-state index contributed by atoms with van der Waals surface area (Å²) in [5.41, 5.74) is 2.21. The summed E-state index contributed by atoms with van der Waals surface area (Å²) < 4.78 is 7.13. The zero-order chi connectivity index (χ0) is 21.6. The molecule has 0 fully saturated rings. The first-order valence-corrected chi connectivity index (χ1v) is 10.8. The highest BCUT2D eigenvalue weighted by Gasteiger charge is 2.19. The number of esters is 1. The summed E-state index contributed by atoms with van der Waals surface area (Å²) in [6.07, 6.45) is 0. The molecule has 8 heteroatoms. The first kappa shape index (κ1) is 21.0. The van der Waals surface area contributed by atoms with Gasteiger partial charge in [0.05, 0.1) is 11.3 Å². The normalized spacial score (nSPS) is 10.7. The van der Waals surface area contributed by atoms with Crippen LogP contribution < -0.4 is 0 Å². The molecule has 1 aromatic heterocycles. The summed E-state index contributed by atoms with van der Waals surface area (Å²) in [6, 6.07) is 23.6. The van der Waals surface area contributed by atoms with Gasteiger partial charge in [0, 0.05) is 10.7 Å². The Bertz CT molecular complexity index is 1180. The van der Waals surface area contributed by atoms with Gasteiger partial charge >= 0.3 is 5.97 Å². The Morgan fingerprint density at radius 3 is 2.42 bits per heavy atom. The van der Waals surface area contributed by atoms with E-state index in [1.165, 1.54) is 11.8 Å². The topological polar surface area (TPSA) is 77.2 Å². The number of thioether (sulfide) groups is 1. The highest BCUT2D eigenvalue weighted by atomic mass is 35.5. The fraction of sp³-hybridized carbons (Fsp3) is 0.0870. The van der Waals surface area contributed by atoms with E-state index in [-0.39, 0.29) is 24.1 Å². The number of para-hydroxylation sites is 1. The van der Waals surface area contributed by atoms with E-state index < -0.39 is 0 Å². The molecule has 6 nitrogen and oxygen atoms in total. The lowest BCUT2D eigenvalue weighted by Crippen LogP contribution is -2.08. The van der Waals surface area contributed by atoms with Crippen molar-refractivity contribution in [2.24, 2.45) is 0 Å². The van der Waals surface area contributed by atoms with Crippen LogP contribution >= 0.6 is 23.4 Å². The number of carbonyl (C=O) groups is 1. The van der Waals surface area contributed by atoms with Crippen molar-refractivity contribution in [3.8, 4) is 22.8 Å². The van der Waals surface area contributed by atoms with Gasteiger partial charge in [-0.2, -0.15) is 0 Å². The molecule has 4 aromatic rings. The molecule has 4 rings (SSSR count). The number of hydrogen-bond donors (Lipinski definition) is 1. The Morgan fingerprint density at radius 2 is 1.68 bits per heavy atom. The van der Waals surface area contributed by atoms with Crippen LogP contribution in [0.4, 0.5) is 0 Å². The molecule has 1 N–H and O–H groups in total.